The van der Waals surface area contributed by atoms with Gasteiger partial charge in [0.05, 0.1) is 35.1 Å². The van der Waals surface area contributed by atoms with E-state index in [2.05, 4.69) is 11.8 Å². The SMILES string of the molecule is CCC1(C)CN(c2ccc([N+](=O)[O-])cc2N2CCOC2=O)CCO1. The lowest BCUT2D eigenvalue weighted by Gasteiger charge is -2.42. The first kappa shape index (κ1) is 16.5. The summed E-state index contributed by atoms with van der Waals surface area (Å²) in [4.78, 5) is 26.2. The molecule has 8 heteroatoms. The highest BCUT2D eigenvalue weighted by atomic mass is 16.6. The summed E-state index contributed by atoms with van der Waals surface area (Å²) < 4.78 is 10.9. The fourth-order valence-corrected chi connectivity index (χ4v) is 3.07. The minimum absolute atomic E-state index is 0.0417. The Morgan fingerprint density at radius 1 is 1.29 bits per heavy atom. The Balaban J connectivity index is 2.00. The molecule has 24 heavy (non-hydrogen) atoms. The summed E-state index contributed by atoms with van der Waals surface area (Å²) in [5.41, 5.74) is 0.998. The number of hydrogen-bond acceptors (Lipinski definition) is 6. The van der Waals surface area contributed by atoms with Crippen LogP contribution in [-0.2, 0) is 9.47 Å². The van der Waals surface area contributed by atoms with Gasteiger partial charge in [-0.05, 0) is 19.4 Å². The molecule has 1 aromatic carbocycles. The number of anilines is 2. The van der Waals surface area contributed by atoms with Gasteiger partial charge in [-0.25, -0.2) is 4.79 Å². The molecule has 2 heterocycles. The second-order valence-electron chi connectivity index (χ2n) is 6.27. The summed E-state index contributed by atoms with van der Waals surface area (Å²) >= 11 is 0. The van der Waals surface area contributed by atoms with E-state index in [1.54, 1.807) is 6.07 Å². The van der Waals surface area contributed by atoms with E-state index in [0.29, 0.717) is 31.9 Å². The van der Waals surface area contributed by atoms with E-state index in [9.17, 15) is 14.9 Å². The van der Waals surface area contributed by atoms with Crippen molar-refractivity contribution < 1.29 is 19.2 Å². The first-order chi connectivity index (χ1) is 11.4. The number of nitrogens with zero attached hydrogens (tertiary/aromatic N) is 3. The second kappa shape index (κ2) is 6.27. The number of nitro benzene ring substituents is 1. The topological polar surface area (TPSA) is 85.1 Å². The minimum atomic E-state index is -0.469. The molecule has 0 saturated carbocycles. The normalized spacial score (nSPS) is 24.2. The lowest BCUT2D eigenvalue weighted by molar-refractivity contribution is -0.384. The summed E-state index contributed by atoms with van der Waals surface area (Å²) in [6, 6.07) is 4.63. The number of rotatable bonds is 4. The molecule has 0 aromatic heterocycles. The predicted octanol–water partition coefficient (Wildman–Crippen LogP) is 2.56. The van der Waals surface area contributed by atoms with E-state index in [4.69, 9.17) is 9.47 Å². The van der Waals surface area contributed by atoms with E-state index < -0.39 is 11.0 Å². The van der Waals surface area contributed by atoms with Crippen molar-refractivity contribution in [3.8, 4) is 0 Å². The van der Waals surface area contributed by atoms with Crippen LogP contribution in [0.2, 0.25) is 0 Å². The average Bonchev–Trinajstić information content (AvgIpc) is 3.00. The van der Waals surface area contributed by atoms with Crippen molar-refractivity contribution in [1.82, 2.24) is 0 Å². The molecule has 1 amide bonds. The first-order valence-corrected chi connectivity index (χ1v) is 8.05. The van der Waals surface area contributed by atoms with E-state index in [0.717, 1.165) is 12.1 Å². The Kier molecular flexibility index (Phi) is 4.31. The van der Waals surface area contributed by atoms with Crippen molar-refractivity contribution in [3.05, 3.63) is 28.3 Å². The Morgan fingerprint density at radius 2 is 2.08 bits per heavy atom. The Labute approximate surface area is 140 Å². The van der Waals surface area contributed by atoms with Gasteiger partial charge in [-0.3, -0.25) is 15.0 Å². The number of hydrogen-bond donors (Lipinski definition) is 0. The third-order valence-corrected chi connectivity index (χ3v) is 4.65. The molecule has 0 aliphatic carbocycles. The third kappa shape index (κ3) is 3.01. The summed E-state index contributed by atoms with van der Waals surface area (Å²) in [6.45, 7) is 6.71. The monoisotopic (exact) mass is 335 g/mol. The molecule has 1 atom stereocenters. The lowest BCUT2D eigenvalue weighted by atomic mass is 10.00. The molecule has 3 rings (SSSR count). The van der Waals surface area contributed by atoms with Gasteiger partial charge in [-0.1, -0.05) is 6.92 Å². The number of cyclic esters (lactones) is 1. The zero-order valence-electron chi connectivity index (χ0n) is 13.9. The summed E-state index contributed by atoms with van der Waals surface area (Å²) in [5, 5.41) is 11.1. The number of benzene rings is 1. The molecule has 8 nitrogen and oxygen atoms in total. The summed E-state index contributed by atoms with van der Waals surface area (Å²) in [5.74, 6) is 0. The van der Waals surface area contributed by atoms with Crippen LogP contribution in [0.1, 0.15) is 20.3 Å². The average molecular weight is 335 g/mol. The van der Waals surface area contributed by atoms with Gasteiger partial charge < -0.3 is 14.4 Å². The highest BCUT2D eigenvalue weighted by Gasteiger charge is 2.34. The van der Waals surface area contributed by atoms with E-state index in [1.165, 1.54) is 17.0 Å². The van der Waals surface area contributed by atoms with Crippen molar-refractivity contribution in [2.75, 3.05) is 42.6 Å². The molecule has 1 unspecified atom stereocenters. The molecular formula is C16H21N3O5. The van der Waals surface area contributed by atoms with Crippen LogP contribution in [0.15, 0.2) is 18.2 Å². The molecule has 0 N–H and O–H groups in total. The number of amides is 1. The van der Waals surface area contributed by atoms with Crippen LogP contribution >= 0.6 is 0 Å². The maximum atomic E-state index is 12.0. The molecule has 130 valence electrons. The number of nitro groups is 1. The molecule has 2 aliphatic rings. The molecular weight excluding hydrogens is 314 g/mol. The van der Waals surface area contributed by atoms with Crippen LogP contribution in [0.5, 0.6) is 0 Å². The first-order valence-electron chi connectivity index (χ1n) is 8.05. The lowest BCUT2D eigenvalue weighted by Crippen LogP contribution is -2.50. The predicted molar refractivity (Wildman–Crippen MR) is 88.7 cm³/mol. The van der Waals surface area contributed by atoms with Crippen LogP contribution < -0.4 is 9.80 Å². The standard InChI is InChI=1S/C16H21N3O5/c1-3-16(2)11-17(6-9-24-16)13-5-4-12(19(21)22)10-14(13)18-7-8-23-15(18)20/h4-5,10H,3,6-9,11H2,1-2H3. The van der Waals surface area contributed by atoms with Gasteiger partial charge in [-0.15, -0.1) is 0 Å². The number of carbonyl (C=O) groups excluding carboxylic acids is 1. The van der Waals surface area contributed by atoms with Gasteiger partial charge in [0.2, 0.25) is 0 Å². The Hall–Kier alpha value is -2.35. The maximum absolute atomic E-state index is 12.0. The number of ether oxygens (including phenoxy) is 2. The smallest absolute Gasteiger partial charge is 0.414 e. The van der Waals surface area contributed by atoms with Gasteiger partial charge in [0.25, 0.3) is 5.69 Å². The molecule has 0 spiro atoms. The van der Waals surface area contributed by atoms with Crippen LogP contribution in [-0.4, -0.2) is 49.5 Å². The highest BCUT2D eigenvalue weighted by molar-refractivity contribution is 5.94. The number of non-ortho nitro benzene ring substituents is 1. The number of carbonyl (C=O) groups is 1. The van der Waals surface area contributed by atoms with Crippen LogP contribution in [0, 0.1) is 10.1 Å². The third-order valence-electron chi connectivity index (χ3n) is 4.65. The molecule has 2 saturated heterocycles. The largest absolute Gasteiger partial charge is 0.447 e. The van der Waals surface area contributed by atoms with Gasteiger partial charge in [0, 0.05) is 25.2 Å². The fraction of sp³-hybridized carbons (Fsp3) is 0.562. The molecule has 0 radical (unpaired) electrons. The number of morpholine rings is 1. The minimum Gasteiger partial charge on any atom is -0.447 e. The maximum Gasteiger partial charge on any atom is 0.414 e. The zero-order chi connectivity index (χ0) is 17.3. The van der Waals surface area contributed by atoms with E-state index in [-0.39, 0.29) is 17.9 Å². The van der Waals surface area contributed by atoms with Crippen molar-refractivity contribution in [2.24, 2.45) is 0 Å². The van der Waals surface area contributed by atoms with E-state index >= 15 is 0 Å². The van der Waals surface area contributed by atoms with Gasteiger partial charge >= 0.3 is 6.09 Å². The molecule has 2 fully saturated rings. The van der Waals surface area contributed by atoms with Gasteiger partial charge in [-0.2, -0.15) is 0 Å². The molecule has 0 bridgehead atoms. The highest BCUT2D eigenvalue weighted by Crippen LogP contribution is 2.37. The van der Waals surface area contributed by atoms with Crippen LogP contribution in [0.4, 0.5) is 21.9 Å². The van der Waals surface area contributed by atoms with Crippen molar-refractivity contribution in [2.45, 2.75) is 25.9 Å². The van der Waals surface area contributed by atoms with Crippen LogP contribution in [0.25, 0.3) is 0 Å². The Bertz CT molecular complexity index is 665. The quantitative estimate of drug-likeness (QED) is 0.621. The summed E-state index contributed by atoms with van der Waals surface area (Å²) in [6.07, 6.45) is 0.389. The fourth-order valence-electron chi connectivity index (χ4n) is 3.07. The van der Waals surface area contributed by atoms with Gasteiger partial charge in [0.1, 0.15) is 6.61 Å². The molecule has 1 aromatic rings. The van der Waals surface area contributed by atoms with Crippen molar-refractivity contribution in [1.29, 1.82) is 0 Å². The van der Waals surface area contributed by atoms with Crippen LogP contribution in [0.3, 0.4) is 0 Å². The van der Waals surface area contributed by atoms with Gasteiger partial charge in [0.15, 0.2) is 0 Å². The van der Waals surface area contributed by atoms with Crippen molar-refractivity contribution in [3.63, 3.8) is 0 Å². The van der Waals surface area contributed by atoms with E-state index in [1.807, 2.05) is 6.92 Å². The second-order valence-corrected chi connectivity index (χ2v) is 6.27. The molecule has 2 aliphatic heterocycles. The van der Waals surface area contributed by atoms with Crippen molar-refractivity contribution >= 4 is 23.2 Å². The zero-order valence-corrected chi connectivity index (χ0v) is 13.9. The summed E-state index contributed by atoms with van der Waals surface area (Å²) in [7, 11) is 0. The Morgan fingerprint density at radius 3 is 2.71 bits per heavy atom.